The minimum atomic E-state index is -0.412. The second-order valence-electron chi connectivity index (χ2n) is 8.62. The molecule has 0 spiro atoms. The van der Waals surface area contributed by atoms with Crippen LogP contribution in [0.3, 0.4) is 0 Å². The van der Waals surface area contributed by atoms with E-state index in [-0.39, 0.29) is 6.09 Å². The smallest absolute Gasteiger partial charge is 0.410 e. The maximum absolute atomic E-state index is 12.4. The molecule has 2 aliphatic rings. The van der Waals surface area contributed by atoms with Gasteiger partial charge in [0.25, 0.3) is 0 Å². The third kappa shape index (κ3) is 6.33. The van der Waals surface area contributed by atoms with Crippen LogP contribution in [0.25, 0.3) is 0 Å². The van der Waals surface area contributed by atoms with Crippen LogP contribution < -0.4 is 5.32 Å². The zero-order valence-electron chi connectivity index (χ0n) is 15.6. The van der Waals surface area contributed by atoms with Gasteiger partial charge in [-0.05, 0) is 71.3 Å². The zero-order chi connectivity index (χ0) is 16.9. The van der Waals surface area contributed by atoms with E-state index in [0.29, 0.717) is 6.04 Å². The molecule has 1 amide bonds. The average molecular weight is 325 g/mol. The fraction of sp³-hybridized carbons (Fsp3) is 0.947. The summed E-state index contributed by atoms with van der Waals surface area (Å²) in [5.74, 6) is 1.70. The van der Waals surface area contributed by atoms with E-state index in [0.717, 1.165) is 44.3 Å². The molecule has 1 saturated carbocycles. The van der Waals surface area contributed by atoms with Crippen molar-refractivity contribution < 1.29 is 9.53 Å². The molecule has 134 valence electrons. The van der Waals surface area contributed by atoms with E-state index in [1.54, 1.807) is 0 Å². The molecule has 0 aromatic rings. The van der Waals surface area contributed by atoms with Gasteiger partial charge in [0.05, 0.1) is 0 Å². The lowest BCUT2D eigenvalue weighted by atomic mass is 9.82. The first-order valence-corrected chi connectivity index (χ1v) is 9.55. The predicted octanol–water partition coefficient (Wildman–Crippen LogP) is 4.19. The molecule has 3 unspecified atom stereocenters. The van der Waals surface area contributed by atoms with Crippen molar-refractivity contribution in [3.05, 3.63) is 0 Å². The molecule has 2 fully saturated rings. The Bertz CT molecular complexity index is 378. The zero-order valence-corrected chi connectivity index (χ0v) is 15.6. The van der Waals surface area contributed by atoms with Gasteiger partial charge in [-0.25, -0.2) is 4.79 Å². The van der Waals surface area contributed by atoms with Crippen molar-refractivity contribution in [2.24, 2.45) is 11.8 Å². The Labute approximate surface area is 142 Å². The molecule has 3 atom stereocenters. The summed E-state index contributed by atoms with van der Waals surface area (Å²) < 4.78 is 5.58. The van der Waals surface area contributed by atoms with E-state index in [9.17, 15) is 4.79 Å². The van der Waals surface area contributed by atoms with E-state index in [1.807, 2.05) is 25.7 Å². The molecule has 1 aliphatic heterocycles. The van der Waals surface area contributed by atoms with Crippen LogP contribution in [-0.4, -0.2) is 42.3 Å². The van der Waals surface area contributed by atoms with Crippen molar-refractivity contribution in [1.82, 2.24) is 10.2 Å². The summed E-state index contributed by atoms with van der Waals surface area (Å²) in [6, 6.07) is 0.291. The number of carbonyl (C=O) groups is 1. The van der Waals surface area contributed by atoms with E-state index in [1.165, 1.54) is 32.1 Å². The van der Waals surface area contributed by atoms with Crippen LogP contribution in [0.2, 0.25) is 0 Å². The van der Waals surface area contributed by atoms with Gasteiger partial charge in [-0.2, -0.15) is 0 Å². The van der Waals surface area contributed by atoms with Crippen LogP contribution in [0, 0.1) is 11.8 Å². The van der Waals surface area contributed by atoms with Gasteiger partial charge < -0.3 is 15.0 Å². The SMILES string of the molecule is CC1CCCC(CNCC2CCCCN2C(=O)OC(C)(C)C)C1. The first kappa shape index (κ1) is 18.6. The van der Waals surface area contributed by atoms with E-state index in [2.05, 4.69) is 12.2 Å². The summed E-state index contributed by atoms with van der Waals surface area (Å²) >= 11 is 0. The number of amides is 1. The number of nitrogens with zero attached hydrogens (tertiary/aromatic N) is 1. The van der Waals surface area contributed by atoms with Crippen molar-refractivity contribution in [3.63, 3.8) is 0 Å². The Balaban J connectivity index is 1.78. The fourth-order valence-corrected chi connectivity index (χ4v) is 3.97. The average Bonchev–Trinajstić information content (AvgIpc) is 2.46. The summed E-state index contributed by atoms with van der Waals surface area (Å²) in [7, 11) is 0. The molecule has 1 heterocycles. The van der Waals surface area contributed by atoms with Gasteiger partial charge in [0, 0.05) is 19.1 Å². The number of ether oxygens (including phenoxy) is 1. The topological polar surface area (TPSA) is 41.6 Å². The van der Waals surface area contributed by atoms with Crippen molar-refractivity contribution >= 4 is 6.09 Å². The maximum Gasteiger partial charge on any atom is 0.410 e. The molecule has 4 heteroatoms. The third-order valence-electron chi connectivity index (χ3n) is 5.11. The predicted molar refractivity (Wildman–Crippen MR) is 94.6 cm³/mol. The van der Waals surface area contributed by atoms with Crippen LogP contribution >= 0.6 is 0 Å². The molecule has 0 aromatic heterocycles. The lowest BCUT2D eigenvalue weighted by Crippen LogP contribution is -2.50. The molecule has 1 aliphatic carbocycles. The Morgan fingerprint density at radius 1 is 1.13 bits per heavy atom. The van der Waals surface area contributed by atoms with Gasteiger partial charge in [-0.15, -0.1) is 0 Å². The summed E-state index contributed by atoms with van der Waals surface area (Å²) in [6.07, 6.45) is 8.74. The summed E-state index contributed by atoms with van der Waals surface area (Å²) in [6.45, 7) is 11.0. The lowest BCUT2D eigenvalue weighted by molar-refractivity contribution is 0.00983. The highest BCUT2D eigenvalue weighted by atomic mass is 16.6. The molecule has 23 heavy (non-hydrogen) atoms. The normalized spacial score (nSPS) is 29.4. The summed E-state index contributed by atoms with van der Waals surface area (Å²) in [4.78, 5) is 14.4. The molecule has 2 rings (SSSR count). The summed E-state index contributed by atoms with van der Waals surface area (Å²) in [5.41, 5.74) is -0.412. The molecule has 1 N–H and O–H groups in total. The van der Waals surface area contributed by atoms with Crippen LogP contribution in [-0.2, 0) is 4.74 Å². The van der Waals surface area contributed by atoms with Gasteiger partial charge in [-0.3, -0.25) is 0 Å². The number of carbonyl (C=O) groups excluding carboxylic acids is 1. The monoisotopic (exact) mass is 324 g/mol. The van der Waals surface area contributed by atoms with Crippen LogP contribution in [0.15, 0.2) is 0 Å². The number of piperidine rings is 1. The van der Waals surface area contributed by atoms with Gasteiger partial charge in [-0.1, -0.05) is 19.8 Å². The quantitative estimate of drug-likeness (QED) is 0.843. The van der Waals surface area contributed by atoms with Crippen LogP contribution in [0.4, 0.5) is 4.79 Å². The Morgan fingerprint density at radius 3 is 2.61 bits per heavy atom. The van der Waals surface area contributed by atoms with E-state index < -0.39 is 5.60 Å². The Hall–Kier alpha value is -0.770. The number of hydrogen-bond acceptors (Lipinski definition) is 3. The number of rotatable bonds is 4. The van der Waals surface area contributed by atoms with Crippen molar-refractivity contribution in [1.29, 1.82) is 0 Å². The lowest BCUT2D eigenvalue weighted by Gasteiger charge is -2.37. The number of hydrogen-bond donors (Lipinski definition) is 1. The van der Waals surface area contributed by atoms with Crippen LogP contribution in [0.1, 0.15) is 72.6 Å². The first-order chi connectivity index (χ1) is 10.8. The molecule has 1 saturated heterocycles. The standard InChI is InChI=1S/C19H36N2O2/c1-15-8-7-9-16(12-15)13-20-14-17-10-5-6-11-21(17)18(22)23-19(2,3)4/h15-17,20H,5-14H2,1-4H3. The van der Waals surface area contributed by atoms with Gasteiger partial charge in [0.2, 0.25) is 0 Å². The number of likely N-dealkylation sites (tertiary alicyclic amines) is 1. The Kier molecular flexibility index (Phi) is 6.75. The molecular formula is C19H36N2O2. The van der Waals surface area contributed by atoms with E-state index >= 15 is 0 Å². The van der Waals surface area contributed by atoms with Gasteiger partial charge in [0.15, 0.2) is 0 Å². The third-order valence-corrected chi connectivity index (χ3v) is 5.11. The molecule has 0 bridgehead atoms. The molecule has 0 aromatic carbocycles. The van der Waals surface area contributed by atoms with Crippen LogP contribution in [0.5, 0.6) is 0 Å². The van der Waals surface area contributed by atoms with Gasteiger partial charge in [0.1, 0.15) is 5.60 Å². The minimum Gasteiger partial charge on any atom is -0.444 e. The second-order valence-corrected chi connectivity index (χ2v) is 8.62. The second kappa shape index (κ2) is 8.36. The fourth-order valence-electron chi connectivity index (χ4n) is 3.97. The highest BCUT2D eigenvalue weighted by Gasteiger charge is 2.30. The van der Waals surface area contributed by atoms with Crippen molar-refractivity contribution in [2.75, 3.05) is 19.6 Å². The number of nitrogens with one attached hydrogen (secondary N) is 1. The first-order valence-electron chi connectivity index (χ1n) is 9.55. The van der Waals surface area contributed by atoms with Crippen molar-refractivity contribution in [3.8, 4) is 0 Å². The molecular weight excluding hydrogens is 288 g/mol. The molecule has 4 nitrogen and oxygen atoms in total. The largest absolute Gasteiger partial charge is 0.444 e. The summed E-state index contributed by atoms with van der Waals surface area (Å²) in [5, 5.41) is 3.64. The Morgan fingerprint density at radius 2 is 1.91 bits per heavy atom. The van der Waals surface area contributed by atoms with Crippen molar-refractivity contribution in [2.45, 2.75) is 84.3 Å². The maximum atomic E-state index is 12.4. The molecule has 0 radical (unpaired) electrons. The highest BCUT2D eigenvalue weighted by Crippen LogP contribution is 2.28. The van der Waals surface area contributed by atoms with Gasteiger partial charge >= 0.3 is 6.09 Å². The highest BCUT2D eigenvalue weighted by molar-refractivity contribution is 5.68. The minimum absolute atomic E-state index is 0.143. The van der Waals surface area contributed by atoms with E-state index in [4.69, 9.17) is 4.74 Å².